The maximum Gasteiger partial charge on any atom is 0.166 e. The van der Waals surface area contributed by atoms with Crippen LogP contribution < -0.4 is 0 Å². The number of hydrogen-bond donors (Lipinski definition) is 1. The van der Waals surface area contributed by atoms with Crippen LogP contribution in [0.15, 0.2) is 67.1 Å². The summed E-state index contributed by atoms with van der Waals surface area (Å²) in [5.41, 5.74) is 3.44. The highest BCUT2D eigenvalue weighted by atomic mass is 16.3. The van der Waals surface area contributed by atoms with E-state index in [1.807, 2.05) is 24.4 Å². The molecule has 2 heterocycles. The predicted octanol–water partition coefficient (Wildman–Crippen LogP) is 4.50. The predicted molar refractivity (Wildman–Crippen MR) is 108 cm³/mol. The zero-order chi connectivity index (χ0) is 19.1. The van der Waals surface area contributed by atoms with Crippen molar-refractivity contribution in [3.8, 4) is 11.3 Å². The Morgan fingerprint density at radius 1 is 1.07 bits per heavy atom. The number of Topliss-reactive ketones (excluding diaryl/α,β-unsaturated/α-hetero) is 1. The molecule has 5 rings (SSSR count). The number of carbonyl (C=O) groups is 1. The molecule has 4 nitrogen and oxygen atoms in total. The van der Waals surface area contributed by atoms with Crippen molar-refractivity contribution in [3.05, 3.63) is 78.2 Å². The zero-order valence-corrected chi connectivity index (χ0v) is 15.8. The van der Waals surface area contributed by atoms with Gasteiger partial charge in [-0.3, -0.25) is 4.79 Å². The molecule has 0 spiro atoms. The van der Waals surface area contributed by atoms with E-state index in [-0.39, 0.29) is 11.8 Å². The Morgan fingerprint density at radius 2 is 1.79 bits per heavy atom. The van der Waals surface area contributed by atoms with Gasteiger partial charge in [0.1, 0.15) is 5.60 Å². The second kappa shape index (κ2) is 6.71. The largest absolute Gasteiger partial charge is 0.382 e. The van der Waals surface area contributed by atoms with Gasteiger partial charge in [0, 0.05) is 12.0 Å². The van der Waals surface area contributed by atoms with Crippen molar-refractivity contribution in [1.29, 1.82) is 0 Å². The van der Waals surface area contributed by atoms with Crippen LogP contribution in [-0.4, -0.2) is 26.0 Å². The first-order valence-electron chi connectivity index (χ1n) is 10.1. The number of carbonyl (C=O) groups excluding carboxylic acids is 1. The van der Waals surface area contributed by atoms with Crippen molar-refractivity contribution in [3.63, 3.8) is 0 Å². The van der Waals surface area contributed by atoms with Crippen LogP contribution in [0.3, 0.4) is 0 Å². The Morgan fingerprint density at radius 3 is 2.57 bits per heavy atom. The minimum atomic E-state index is -1.20. The van der Waals surface area contributed by atoms with E-state index >= 15 is 0 Å². The number of rotatable bonds is 4. The Bertz CT molecular complexity index is 1000. The monoisotopic (exact) mass is 372 g/mol. The first kappa shape index (κ1) is 17.4. The molecular weight excluding hydrogens is 348 g/mol. The fourth-order valence-corrected chi connectivity index (χ4v) is 4.94. The van der Waals surface area contributed by atoms with Crippen LogP contribution in [0.25, 0.3) is 11.3 Å². The molecule has 1 aliphatic heterocycles. The molecule has 0 bridgehead atoms. The SMILES string of the molecule is O=C(CC1c2ccccc2-c2cncn21)C1(O)CCC(c2ccccc2)CC1. The quantitative estimate of drug-likeness (QED) is 0.733. The summed E-state index contributed by atoms with van der Waals surface area (Å²) in [6.07, 6.45) is 6.74. The minimum absolute atomic E-state index is 0.0413. The van der Waals surface area contributed by atoms with Crippen LogP contribution in [0.4, 0.5) is 0 Å². The van der Waals surface area contributed by atoms with Gasteiger partial charge in [0.25, 0.3) is 0 Å². The Labute approximate surface area is 164 Å². The van der Waals surface area contributed by atoms with Gasteiger partial charge in [0.2, 0.25) is 0 Å². The number of hydrogen-bond acceptors (Lipinski definition) is 3. The van der Waals surface area contributed by atoms with Crippen LogP contribution >= 0.6 is 0 Å². The van der Waals surface area contributed by atoms with E-state index in [0.717, 1.165) is 29.7 Å². The number of aromatic nitrogens is 2. The van der Waals surface area contributed by atoms with Gasteiger partial charge in [-0.15, -0.1) is 0 Å². The Kier molecular flexibility index (Phi) is 4.17. The maximum atomic E-state index is 13.2. The van der Waals surface area contributed by atoms with Crippen LogP contribution in [0.2, 0.25) is 0 Å². The van der Waals surface area contributed by atoms with Gasteiger partial charge in [0.15, 0.2) is 5.78 Å². The summed E-state index contributed by atoms with van der Waals surface area (Å²) in [7, 11) is 0. The van der Waals surface area contributed by atoms with Gasteiger partial charge in [-0.25, -0.2) is 4.98 Å². The molecule has 2 aliphatic rings. The van der Waals surface area contributed by atoms with Crippen LogP contribution in [0.5, 0.6) is 0 Å². The van der Waals surface area contributed by atoms with Gasteiger partial charge in [-0.1, -0.05) is 54.6 Å². The minimum Gasteiger partial charge on any atom is -0.382 e. The van der Waals surface area contributed by atoms with E-state index in [1.165, 1.54) is 5.56 Å². The summed E-state index contributed by atoms with van der Waals surface area (Å²) in [6, 6.07) is 18.5. The molecule has 1 unspecified atom stereocenters. The van der Waals surface area contributed by atoms with Crippen molar-refractivity contribution in [2.24, 2.45) is 0 Å². The van der Waals surface area contributed by atoms with Crippen molar-refractivity contribution < 1.29 is 9.90 Å². The van der Waals surface area contributed by atoms with Crippen molar-refractivity contribution in [2.45, 2.75) is 49.7 Å². The number of benzene rings is 2. The molecule has 4 heteroatoms. The third-order valence-electron chi connectivity index (χ3n) is 6.58. The van der Waals surface area contributed by atoms with E-state index in [1.54, 1.807) is 6.33 Å². The second-order valence-corrected chi connectivity index (χ2v) is 8.13. The smallest absolute Gasteiger partial charge is 0.166 e. The number of imidazole rings is 1. The molecule has 0 radical (unpaired) electrons. The van der Waals surface area contributed by atoms with Crippen molar-refractivity contribution in [2.75, 3.05) is 0 Å². The second-order valence-electron chi connectivity index (χ2n) is 8.13. The highest BCUT2D eigenvalue weighted by Gasteiger charge is 2.42. The lowest BCUT2D eigenvalue weighted by molar-refractivity contribution is -0.141. The number of fused-ring (bicyclic) bond motifs is 3. The fourth-order valence-electron chi connectivity index (χ4n) is 4.94. The van der Waals surface area contributed by atoms with Crippen LogP contribution in [0, 0.1) is 0 Å². The summed E-state index contributed by atoms with van der Waals surface area (Å²) < 4.78 is 2.07. The molecule has 28 heavy (non-hydrogen) atoms. The first-order valence-corrected chi connectivity index (χ1v) is 10.1. The summed E-state index contributed by atoms with van der Waals surface area (Å²) in [4.78, 5) is 17.4. The molecule has 1 atom stereocenters. The average Bonchev–Trinajstić information content (AvgIpc) is 3.32. The molecule has 1 aromatic heterocycles. The normalized spacial score (nSPS) is 25.9. The van der Waals surface area contributed by atoms with Gasteiger partial charge >= 0.3 is 0 Å². The van der Waals surface area contributed by atoms with Crippen LogP contribution in [-0.2, 0) is 4.79 Å². The standard InChI is InChI=1S/C24H24N2O2/c27-23(24(28)12-10-18(11-13-24)17-6-2-1-3-7-17)14-21-19-8-4-5-9-20(19)22-15-25-16-26(21)22/h1-9,15-16,18,21,28H,10-14H2. The molecule has 2 aromatic carbocycles. The highest BCUT2D eigenvalue weighted by Crippen LogP contribution is 2.44. The molecule has 0 saturated heterocycles. The summed E-state index contributed by atoms with van der Waals surface area (Å²) in [5.74, 6) is 0.391. The first-order chi connectivity index (χ1) is 13.7. The Balaban J connectivity index is 1.33. The third-order valence-corrected chi connectivity index (χ3v) is 6.58. The summed E-state index contributed by atoms with van der Waals surface area (Å²) >= 11 is 0. The fraction of sp³-hybridized carbons (Fsp3) is 0.333. The van der Waals surface area contributed by atoms with Crippen molar-refractivity contribution >= 4 is 5.78 Å². The van der Waals surface area contributed by atoms with E-state index in [4.69, 9.17) is 0 Å². The molecule has 142 valence electrons. The van der Waals surface area contributed by atoms with E-state index in [9.17, 15) is 9.90 Å². The topological polar surface area (TPSA) is 55.1 Å². The molecule has 1 N–H and O–H groups in total. The summed E-state index contributed by atoms with van der Waals surface area (Å²) in [5, 5.41) is 11.1. The lowest BCUT2D eigenvalue weighted by Crippen LogP contribution is -2.42. The van der Waals surface area contributed by atoms with Gasteiger partial charge in [-0.05, 0) is 42.7 Å². The molecule has 1 saturated carbocycles. The number of nitrogens with zero attached hydrogens (tertiary/aromatic N) is 2. The van der Waals surface area contributed by atoms with Crippen LogP contribution in [0.1, 0.15) is 55.2 Å². The average molecular weight is 372 g/mol. The van der Waals surface area contributed by atoms with E-state index in [2.05, 4.69) is 45.9 Å². The van der Waals surface area contributed by atoms with Crippen molar-refractivity contribution in [1.82, 2.24) is 9.55 Å². The zero-order valence-electron chi connectivity index (χ0n) is 15.8. The maximum absolute atomic E-state index is 13.2. The highest BCUT2D eigenvalue weighted by molar-refractivity contribution is 5.88. The molecule has 1 aliphatic carbocycles. The lowest BCUT2D eigenvalue weighted by atomic mass is 9.73. The molecule has 3 aromatic rings. The third kappa shape index (κ3) is 2.80. The molecule has 1 fully saturated rings. The number of aliphatic hydroxyl groups is 1. The molecule has 0 amide bonds. The van der Waals surface area contributed by atoms with Gasteiger partial charge in [0.05, 0.1) is 24.3 Å². The van der Waals surface area contributed by atoms with E-state index in [0.29, 0.717) is 25.2 Å². The Hall–Kier alpha value is -2.72. The lowest BCUT2D eigenvalue weighted by Gasteiger charge is -2.35. The van der Waals surface area contributed by atoms with E-state index < -0.39 is 5.60 Å². The summed E-state index contributed by atoms with van der Waals surface area (Å²) in [6.45, 7) is 0. The van der Waals surface area contributed by atoms with Gasteiger partial charge in [-0.2, -0.15) is 0 Å². The molecular formula is C24H24N2O2. The number of ketones is 1. The van der Waals surface area contributed by atoms with Gasteiger partial charge < -0.3 is 9.67 Å².